The summed E-state index contributed by atoms with van der Waals surface area (Å²) < 4.78 is 5.14. The minimum Gasteiger partial charge on any atom is -0.466 e. The molecule has 2 heterocycles. The maximum absolute atomic E-state index is 11.0. The molecule has 0 saturated carbocycles. The van der Waals surface area contributed by atoms with Crippen LogP contribution in [0.5, 0.6) is 5.88 Å². The van der Waals surface area contributed by atoms with Gasteiger partial charge in [0.1, 0.15) is 5.69 Å². The Kier molecular flexibility index (Phi) is 1.72. The molecule has 1 aliphatic rings. The van der Waals surface area contributed by atoms with Crippen LogP contribution >= 0.6 is 0 Å². The summed E-state index contributed by atoms with van der Waals surface area (Å²) in [6, 6.07) is 0. The fourth-order valence-corrected chi connectivity index (χ4v) is 1.30. The van der Waals surface area contributed by atoms with Crippen molar-refractivity contribution in [2.24, 2.45) is 0 Å². The lowest BCUT2D eigenvalue weighted by atomic mass is 10.1. The molecular weight excluding hydrogens is 170 g/mol. The maximum Gasteiger partial charge on any atom is 0.262 e. The molecule has 0 atom stereocenters. The molecule has 13 heavy (non-hydrogen) atoms. The van der Waals surface area contributed by atoms with E-state index in [1.165, 1.54) is 0 Å². The first-order valence-corrected chi connectivity index (χ1v) is 4.19. The molecular formula is C8H11N3O2. The number of aromatic amines is 1. The average Bonchev–Trinajstić information content (AvgIpc) is 2.46. The molecule has 5 nitrogen and oxygen atoms in total. The Bertz CT molecular complexity index is 343. The zero-order valence-corrected chi connectivity index (χ0v) is 7.55. The number of nitrogens with one attached hydrogen (secondary N) is 2. The Hall–Kier alpha value is -1.52. The lowest BCUT2D eigenvalue weighted by Gasteiger charge is -2.14. The quantitative estimate of drug-likeness (QED) is 0.675. The van der Waals surface area contributed by atoms with Gasteiger partial charge in [-0.25, -0.2) is 5.10 Å². The number of ether oxygens (including phenoxy) is 1. The van der Waals surface area contributed by atoms with Crippen LogP contribution in [-0.2, 0) is 4.79 Å². The van der Waals surface area contributed by atoms with Crippen LogP contribution in [-0.4, -0.2) is 22.7 Å². The van der Waals surface area contributed by atoms with Crippen molar-refractivity contribution in [3.8, 4) is 5.88 Å². The highest BCUT2D eigenvalue weighted by atomic mass is 16.5. The number of rotatable bonds is 1. The molecule has 0 aromatic carbocycles. The molecule has 1 aromatic heterocycles. The van der Waals surface area contributed by atoms with Crippen molar-refractivity contribution in [3.63, 3.8) is 0 Å². The third kappa shape index (κ3) is 1.26. The molecule has 0 fully saturated rings. The molecule has 0 bridgehead atoms. The van der Waals surface area contributed by atoms with Crippen LogP contribution in [0.4, 0.5) is 5.69 Å². The number of anilines is 1. The van der Waals surface area contributed by atoms with E-state index in [1.54, 1.807) is 0 Å². The highest BCUT2D eigenvalue weighted by Crippen LogP contribution is 2.32. The summed E-state index contributed by atoms with van der Waals surface area (Å²) in [6.45, 7) is 4.08. The van der Waals surface area contributed by atoms with Gasteiger partial charge in [0.25, 0.3) is 5.91 Å². The van der Waals surface area contributed by atoms with Crippen LogP contribution in [0.3, 0.4) is 0 Å². The lowest BCUT2D eigenvalue weighted by Crippen LogP contribution is -2.25. The van der Waals surface area contributed by atoms with E-state index < -0.39 is 0 Å². The predicted molar refractivity (Wildman–Crippen MR) is 46.8 cm³/mol. The molecule has 1 aliphatic heterocycles. The number of amides is 1. The highest BCUT2D eigenvalue weighted by Gasteiger charge is 2.23. The fourth-order valence-electron chi connectivity index (χ4n) is 1.30. The van der Waals surface area contributed by atoms with E-state index >= 15 is 0 Å². The predicted octanol–water partition coefficient (Wildman–Crippen LogP) is 0.864. The van der Waals surface area contributed by atoms with Crippen molar-refractivity contribution in [2.75, 3.05) is 11.9 Å². The second kappa shape index (κ2) is 2.76. The van der Waals surface area contributed by atoms with Gasteiger partial charge in [-0.05, 0) is 5.92 Å². The Morgan fingerprint density at radius 2 is 2.31 bits per heavy atom. The van der Waals surface area contributed by atoms with Gasteiger partial charge in [-0.15, -0.1) is 0 Å². The summed E-state index contributed by atoms with van der Waals surface area (Å²) >= 11 is 0. The van der Waals surface area contributed by atoms with Crippen LogP contribution in [0.1, 0.15) is 25.5 Å². The molecule has 0 aliphatic carbocycles. The third-order valence-electron chi connectivity index (χ3n) is 1.92. The summed E-state index contributed by atoms with van der Waals surface area (Å²) in [7, 11) is 0. The SMILES string of the molecule is CC(C)c1n[nH]c2c1NC(=O)CO2. The Balaban J connectivity index is 2.41. The van der Waals surface area contributed by atoms with E-state index in [4.69, 9.17) is 4.74 Å². The molecule has 0 saturated heterocycles. The van der Waals surface area contributed by atoms with Crippen LogP contribution in [0.2, 0.25) is 0 Å². The number of carbonyl (C=O) groups is 1. The van der Waals surface area contributed by atoms with Gasteiger partial charge in [-0.2, -0.15) is 5.10 Å². The van der Waals surface area contributed by atoms with Gasteiger partial charge in [0.15, 0.2) is 6.61 Å². The van der Waals surface area contributed by atoms with Crippen molar-refractivity contribution in [3.05, 3.63) is 5.69 Å². The molecule has 0 spiro atoms. The highest BCUT2D eigenvalue weighted by molar-refractivity contribution is 5.95. The van der Waals surface area contributed by atoms with Crippen LogP contribution in [0.15, 0.2) is 0 Å². The van der Waals surface area contributed by atoms with E-state index in [0.29, 0.717) is 11.6 Å². The number of fused-ring (bicyclic) bond motifs is 1. The number of hydrogen-bond donors (Lipinski definition) is 2. The Labute approximate surface area is 75.5 Å². The van der Waals surface area contributed by atoms with Gasteiger partial charge in [0.05, 0.1) is 5.69 Å². The van der Waals surface area contributed by atoms with Gasteiger partial charge < -0.3 is 10.1 Å². The molecule has 1 aromatic rings. The maximum atomic E-state index is 11.0. The van der Waals surface area contributed by atoms with E-state index in [-0.39, 0.29) is 18.4 Å². The van der Waals surface area contributed by atoms with Crippen molar-refractivity contribution in [2.45, 2.75) is 19.8 Å². The minimum atomic E-state index is -0.129. The van der Waals surface area contributed by atoms with Crippen LogP contribution in [0, 0.1) is 0 Å². The first-order chi connectivity index (χ1) is 6.18. The summed E-state index contributed by atoms with van der Waals surface area (Å²) in [5, 5.41) is 9.54. The fraction of sp³-hybridized carbons (Fsp3) is 0.500. The summed E-state index contributed by atoms with van der Waals surface area (Å²) in [4.78, 5) is 11.0. The third-order valence-corrected chi connectivity index (χ3v) is 1.92. The van der Waals surface area contributed by atoms with Gasteiger partial charge in [-0.1, -0.05) is 13.8 Å². The van der Waals surface area contributed by atoms with Crippen molar-refractivity contribution >= 4 is 11.6 Å². The number of aromatic nitrogens is 2. The Morgan fingerprint density at radius 3 is 3.00 bits per heavy atom. The van der Waals surface area contributed by atoms with E-state index in [2.05, 4.69) is 15.5 Å². The normalized spacial score (nSPS) is 15.2. The Morgan fingerprint density at radius 1 is 1.54 bits per heavy atom. The van der Waals surface area contributed by atoms with E-state index in [1.807, 2.05) is 13.8 Å². The molecule has 1 amide bonds. The number of nitrogens with zero attached hydrogens (tertiary/aromatic N) is 1. The molecule has 2 N–H and O–H groups in total. The smallest absolute Gasteiger partial charge is 0.262 e. The van der Waals surface area contributed by atoms with Gasteiger partial charge >= 0.3 is 0 Å². The summed E-state index contributed by atoms with van der Waals surface area (Å²) in [5.41, 5.74) is 1.52. The molecule has 2 rings (SSSR count). The summed E-state index contributed by atoms with van der Waals surface area (Å²) in [6.07, 6.45) is 0. The van der Waals surface area contributed by atoms with Gasteiger partial charge in [0, 0.05) is 0 Å². The standard InChI is InChI=1S/C8H11N3O2/c1-4(2)6-7-8(11-10-6)13-3-5(12)9-7/h4H,3H2,1-2H3,(H,9,12)(H,10,11). The number of hydrogen-bond acceptors (Lipinski definition) is 3. The zero-order chi connectivity index (χ0) is 9.42. The average molecular weight is 181 g/mol. The first kappa shape index (κ1) is 8.10. The molecule has 70 valence electrons. The largest absolute Gasteiger partial charge is 0.466 e. The van der Waals surface area contributed by atoms with Crippen LogP contribution in [0.25, 0.3) is 0 Å². The van der Waals surface area contributed by atoms with E-state index in [0.717, 1.165) is 5.69 Å². The van der Waals surface area contributed by atoms with Crippen LogP contribution < -0.4 is 10.1 Å². The summed E-state index contributed by atoms with van der Waals surface area (Å²) in [5.74, 6) is 0.695. The van der Waals surface area contributed by atoms with Crippen molar-refractivity contribution in [1.29, 1.82) is 0 Å². The van der Waals surface area contributed by atoms with E-state index in [9.17, 15) is 4.79 Å². The number of carbonyl (C=O) groups excluding carboxylic acids is 1. The lowest BCUT2D eigenvalue weighted by molar-refractivity contribution is -0.118. The topological polar surface area (TPSA) is 67.0 Å². The molecule has 0 unspecified atom stereocenters. The molecule has 5 heteroatoms. The number of H-pyrrole nitrogens is 1. The zero-order valence-electron chi connectivity index (χ0n) is 7.55. The molecule has 0 radical (unpaired) electrons. The van der Waals surface area contributed by atoms with Crippen molar-refractivity contribution < 1.29 is 9.53 Å². The van der Waals surface area contributed by atoms with Gasteiger partial charge in [-0.3, -0.25) is 4.79 Å². The second-order valence-corrected chi connectivity index (χ2v) is 3.30. The van der Waals surface area contributed by atoms with Crippen molar-refractivity contribution in [1.82, 2.24) is 10.2 Å². The minimum absolute atomic E-state index is 0.0622. The monoisotopic (exact) mass is 181 g/mol. The first-order valence-electron chi connectivity index (χ1n) is 4.19. The second-order valence-electron chi connectivity index (χ2n) is 3.30. The van der Waals surface area contributed by atoms with Gasteiger partial charge in [0.2, 0.25) is 5.88 Å².